The lowest BCUT2D eigenvalue weighted by Gasteiger charge is -2.39. The van der Waals surface area contributed by atoms with Crippen LogP contribution in [-0.4, -0.2) is 142 Å². The number of aromatic nitrogens is 2. The molecule has 6 fully saturated rings. The van der Waals surface area contributed by atoms with Crippen molar-refractivity contribution in [1.29, 1.82) is 0 Å². The normalized spacial score (nSPS) is 21.3. The molecule has 5 amide bonds. The lowest BCUT2D eigenvalue weighted by Crippen LogP contribution is -2.54. The van der Waals surface area contributed by atoms with E-state index in [1.165, 1.54) is 12.1 Å². The number of amides is 5. The number of carbonyl (C=O) groups excluding carboxylic acids is 5. The number of piperidine rings is 3. The summed E-state index contributed by atoms with van der Waals surface area (Å²) >= 11 is 0. The molecule has 1 unspecified atom stereocenters. The summed E-state index contributed by atoms with van der Waals surface area (Å²) in [4.78, 5) is 90.0. The number of rotatable bonds is 13. The van der Waals surface area contributed by atoms with E-state index < -0.39 is 29.5 Å². The van der Waals surface area contributed by atoms with Gasteiger partial charge in [0.25, 0.3) is 17.4 Å². The van der Waals surface area contributed by atoms with Gasteiger partial charge in [0.05, 0.1) is 28.8 Å². The van der Waals surface area contributed by atoms with Crippen molar-refractivity contribution in [2.75, 3.05) is 72.0 Å². The van der Waals surface area contributed by atoms with Crippen molar-refractivity contribution in [1.82, 2.24) is 40.0 Å². The number of nitrogens with one attached hydrogen (secondary N) is 2. The van der Waals surface area contributed by atoms with Crippen molar-refractivity contribution in [3.63, 3.8) is 0 Å². The summed E-state index contributed by atoms with van der Waals surface area (Å²) < 4.78 is 31.4. The molecule has 4 aromatic rings. The second-order valence-corrected chi connectivity index (χ2v) is 21.9. The molecule has 388 valence electrons. The van der Waals surface area contributed by atoms with Gasteiger partial charge in [-0.15, -0.1) is 0 Å². The molecule has 16 heteroatoms. The molecule has 0 radical (unpaired) electrons. The Morgan fingerprint density at radius 1 is 0.671 bits per heavy atom. The van der Waals surface area contributed by atoms with E-state index in [4.69, 9.17) is 0 Å². The minimum atomic E-state index is -0.707. The first kappa shape index (κ1) is 50.5. The molecule has 2 aliphatic carbocycles. The van der Waals surface area contributed by atoms with Gasteiger partial charge in [0.1, 0.15) is 17.7 Å². The van der Waals surface area contributed by atoms with Crippen LogP contribution in [-0.2, 0) is 20.8 Å². The smallest absolute Gasteiger partial charge is 0.272 e. The molecule has 4 aliphatic heterocycles. The summed E-state index contributed by atoms with van der Waals surface area (Å²) in [5, 5.41) is 11.0. The number of fused-ring (bicyclic) bond motifs is 1. The topological polar surface area (TPSA) is 159 Å². The van der Waals surface area contributed by atoms with Gasteiger partial charge in [0.2, 0.25) is 17.7 Å². The summed E-state index contributed by atoms with van der Waals surface area (Å²) in [7, 11) is 0. The molecule has 2 N–H and O–H groups in total. The van der Waals surface area contributed by atoms with Crippen LogP contribution in [0.3, 0.4) is 0 Å². The van der Waals surface area contributed by atoms with E-state index in [0.717, 1.165) is 103 Å². The third-order valence-electron chi connectivity index (χ3n) is 17.0. The summed E-state index contributed by atoms with van der Waals surface area (Å²) in [6, 6.07) is 15.9. The Morgan fingerprint density at radius 3 is 2.10 bits per heavy atom. The fourth-order valence-corrected chi connectivity index (χ4v) is 12.5. The van der Waals surface area contributed by atoms with Gasteiger partial charge in [-0.25, -0.2) is 13.9 Å². The van der Waals surface area contributed by atoms with Crippen molar-refractivity contribution < 1.29 is 32.8 Å². The molecule has 2 saturated carbocycles. The minimum Gasteiger partial charge on any atom is -0.342 e. The van der Waals surface area contributed by atoms with E-state index in [0.29, 0.717) is 105 Å². The molecule has 0 bridgehead atoms. The molecule has 3 aromatic carbocycles. The summed E-state index contributed by atoms with van der Waals surface area (Å²) in [6.45, 7) is 5.77. The lowest BCUT2D eigenvalue weighted by molar-refractivity contribution is -0.137. The van der Waals surface area contributed by atoms with Gasteiger partial charge in [-0.1, -0.05) is 55.7 Å². The molecule has 73 heavy (non-hydrogen) atoms. The number of carbonyl (C=O) groups is 5. The maximum Gasteiger partial charge on any atom is 0.272 e. The van der Waals surface area contributed by atoms with Crippen molar-refractivity contribution >= 4 is 40.3 Å². The monoisotopic (exact) mass is 1000 g/mol. The molecule has 6 aliphatic rings. The average molecular weight is 1000 g/mol. The van der Waals surface area contributed by atoms with Gasteiger partial charge in [-0.3, -0.25) is 33.7 Å². The zero-order chi connectivity index (χ0) is 50.6. The quantitative estimate of drug-likeness (QED) is 0.146. The Morgan fingerprint density at radius 2 is 1.37 bits per heavy atom. The number of hydrogen-bond acceptors (Lipinski definition) is 8. The minimum absolute atomic E-state index is 0.00243. The van der Waals surface area contributed by atoms with Crippen LogP contribution in [0.1, 0.15) is 133 Å². The van der Waals surface area contributed by atoms with E-state index in [1.807, 2.05) is 21.9 Å². The summed E-state index contributed by atoms with van der Waals surface area (Å²) in [5.41, 5.74) is 1.43. The Bertz CT molecular complexity index is 2730. The number of likely N-dealkylation sites (tertiary alicyclic amines) is 3. The number of H-pyrrole nitrogens is 1. The Kier molecular flexibility index (Phi) is 15.6. The summed E-state index contributed by atoms with van der Waals surface area (Å²) in [5.74, 6) is -1.02. The Hall–Kier alpha value is -6.03. The number of piperazine rings is 1. The van der Waals surface area contributed by atoms with E-state index in [-0.39, 0.29) is 52.2 Å². The first-order chi connectivity index (χ1) is 35.5. The van der Waals surface area contributed by atoms with Crippen LogP contribution >= 0.6 is 0 Å². The molecule has 10 rings (SSSR count). The van der Waals surface area contributed by atoms with Crippen molar-refractivity contribution in [2.24, 2.45) is 23.7 Å². The van der Waals surface area contributed by atoms with Crippen LogP contribution in [0, 0.1) is 35.3 Å². The number of benzene rings is 3. The number of aromatic amines is 1. The highest BCUT2D eigenvalue weighted by molar-refractivity contribution is 5.98. The van der Waals surface area contributed by atoms with Crippen LogP contribution in [0.5, 0.6) is 0 Å². The SMILES string of the molecule is O=C(N[C@@H](C(=O)N1CCC(CC2CCN(CC(=O)N3CCN(C(=O)c4cc(Cc5n[nH]c(=O)c6ccccc56)ccc4F)CC3)CC2)CC1)C1CCCCC1)c1cccc(C2CCCN(C(=O)C3CC3)C2)c1F. The maximum atomic E-state index is 16.3. The first-order valence-corrected chi connectivity index (χ1v) is 27.2. The second-order valence-electron chi connectivity index (χ2n) is 21.9. The van der Waals surface area contributed by atoms with Crippen LogP contribution in [0.25, 0.3) is 10.8 Å². The molecule has 5 heterocycles. The highest BCUT2D eigenvalue weighted by Gasteiger charge is 2.39. The van der Waals surface area contributed by atoms with Crippen LogP contribution in [0.4, 0.5) is 8.78 Å². The Labute approximate surface area is 426 Å². The number of halogens is 2. The van der Waals surface area contributed by atoms with Crippen molar-refractivity contribution in [2.45, 2.75) is 108 Å². The van der Waals surface area contributed by atoms with Gasteiger partial charge in [0.15, 0.2) is 0 Å². The molecule has 4 saturated heterocycles. The maximum absolute atomic E-state index is 16.3. The predicted octanol–water partition coefficient (Wildman–Crippen LogP) is 6.91. The van der Waals surface area contributed by atoms with E-state index in [1.54, 1.807) is 46.2 Å². The average Bonchev–Trinajstić information content (AvgIpc) is 4.28. The first-order valence-electron chi connectivity index (χ1n) is 27.2. The molecule has 2 atom stereocenters. The second kappa shape index (κ2) is 22.6. The molecule has 1 aromatic heterocycles. The van der Waals surface area contributed by atoms with E-state index in [2.05, 4.69) is 20.4 Å². The third-order valence-corrected chi connectivity index (χ3v) is 17.0. The largest absolute Gasteiger partial charge is 0.342 e. The van der Waals surface area contributed by atoms with Gasteiger partial charge < -0.3 is 24.9 Å². The van der Waals surface area contributed by atoms with Gasteiger partial charge in [-0.05, 0) is 137 Å². The zero-order valence-electron chi connectivity index (χ0n) is 42.0. The van der Waals surface area contributed by atoms with E-state index in [9.17, 15) is 28.8 Å². The van der Waals surface area contributed by atoms with Gasteiger partial charge >= 0.3 is 0 Å². The fourth-order valence-electron chi connectivity index (χ4n) is 12.5. The van der Waals surface area contributed by atoms with Crippen LogP contribution in [0.2, 0.25) is 0 Å². The zero-order valence-corrected chi connectivity index (χ0v) is 42.0. The van der Waals surface area contributed by atoms with Crippen molar-refractivity contribution in [3.05, 3.63) is 111 Å². The molecular formula is C57H70F2N8O6. The van der Waals surface area contributed by atoms with Crippen molar-refractivity contribution in [3.8, 4) is 0 Å². The van der Waals surface area contributed by atoms with Gasteiger partial charge in [0, 0.05) is 76.0 Å². The molecule has 14 nitrogen and oxygen atoms in total. The third kappa shape index (κ3) is 11.7. The molecular weight excluding hydrogens is 931 g/mol. The van der Waals surface area contributed by atoms with Crippen LogP contribution < -0.4 is 10.9 Å². The highest BCUT2D eigenvalue weighted by Crippen LogP contribution is 2.37. The Balaban J connectivity index is 0.664. The standard InChI is InChI=1S/C57H70F2N8O6/c58-48-18-15-39(34-49-44-11-4-5-12-45(44)54(70)62-61-49)33-47(48)56(72)66-30-28-64(29-31-66)50(68)36-63-24-19-37(20-25-63)32-38-21-26-65(27-22-38)57(73)52(40-8-2-1-3-9-40)60-53(69)46-14-6-13-43(51(46)59)42-10-7-23-67(35-42)55(71)41-16-17-41/h4-6,11-15,18,33,37-38,40-42,52H,1-3,7-10,16-17,19-32,34-36H2,(H,60,69)(H,62,70)/t42?,52-/m1/s1. The van der Waals surface area contributed by atoms with E-state index >= 15 is 8.78 Å². The predicted molar refractivity (Wildman–Crippen MR) is 273 cm³/mol. The molecule has 0 spiro atoms. The summed E-state index contributed by atoms with van der Waals surface area (Å²) in [6.07, 6.45) is 13.4. The lowest BCUT2D eigenvalue weighted by atomic mass is 9.81. The van der Waals surface area contributed by atoms with Gasteiger partial charge in [-0.2, -0.15) is 5.10 Å². The number of nitrogens with zero attached hydrogens (tertiary/aromatic N) is 6. The fraction of sp³-hybridized carbons (Fsp3) is 0.561. The van der Waals surface area contributed by atoms with Crippen LogP contribution in [0.15, 0.2) is 65.5 Å². The highest BCUT2D eigenvalue weighted by atomic mass is 19.1. The number of hydrogen-bond donors (Lipinski definition) is 2.